The molecule has 5 heteroatoms. The van der Waals surface area contributed by atoms with E-state index in [9.17, 15) is 4.79 Å². The molecule has 5 nitrogen and oxygen atoms in total. The first kappa shape index (κ1) is 13.1. The number of ether oxygens (including phenoxy) is 3. The number of carbonyl (C=O) groups is 1. The molecule has 0 saturated heterocycles. The van der Waals surface area contributed by atoms with Crippen LogP contribution >= 0.6 is 0 Å². The van der Waals surface area contributed by atoms with E-state index in [0.29, 0.717) is 11.5 Å². The summed E-state index contributed by atoms with van der Waals surface area (Å²) in [5.74, 6) is 1.14. The minimum atomic E-state index is -0.397. The monoisotopic (exact) mass is 261 g/mol. The fraction of sp³-hybridized carbons (Fsp3) is 0.286. The topological polar surface area (TPSA) is 57.7 Å². The van der Waals surface area contributed by atoms with Crippen molar-refractivity contribution in [3.8, 4) is 17.4 Å². The molecule has 0 aliphatic heterocycles. The smallest absolute Gasteiger partial charge is 0.309 e. The van der Waals surface area contributed by atoms with Gasteiger partial charge in [-0.05, 0) is 24.4 Å². The minimum absolute atomic E-state index is 0.282. The number of aromatic nitrogens is 1. The van der Waals surface area contributed by atoms with E-state index < -0.39 is 5.97 Å². The highest BCUT2D eigenvalue weighted by Gasteiger charge is 2.11. The van der Waals surface area contributed by atoms with Crippen LogP contribution in [0.4, 0.5) is 0 Å². The number of methoxy groups -OCH3 is 2. The van der Waals surface area contributed by atoms with Gasteiger partial charge in [0, 0.05) is 24.1 Å². The molecule has 0 aliphatic carbocycles. The normalized spacial score (nSPS) is 10.3. The predicted octanol–water partition coefficient (Wildman–Crippen LogP) is 2.49. The van der Waals surface area contributed by atoms with Crippen LogP contribution in [0.25, 0.3) is 10.8 Å². The van der Waals surface area contributed by atoms with Crippen molar-refractivity contribution in [2.45, 2.75) is 13.8 Å². The van der Waals surface area contributed by atoms with Gasteiger partial charge in [0.2, 0.25) is 5.88 Å². The summed E-state index contributed by atoms with van der Waals surface area (Å²) < 4.78 is 15.5. The molecule has 0 aliphatic rings. The van der Waals surface area contributed by atoms with Gasteiger partial charge in [-0.3, -0.25) is 4.79 Å². The lowest BCUT2D eigenvalue weighted by molar-refractivity contribution is -0.132. The molecule has 100 valence electrons. The molecule has 0 bridgehead atoms. The first-order valence-electron chi connectivity index (χ1n) is 5.77. The molecule has 0 spiro atoms. The highest BCUT2D eigenvalue weighted by molar-refractivity contribution is 5.89. The summed E-state index contributed by atoms with van der Waals surface area (Å²) in [6.45, 7) is 3.19. The highest BCUT2D eigenvalue weighted by atomic mass is 16.5. The lowest BCUT2D eigenvalue weighted by atomic mass is 10.1. The number of nitrogens with zero attached hydrogens (tertiary/aromatic N) is 1. The fourth-order valence-electron chi connectivity index (χ4n) is 1.92. The van der Waals surface area contributed by atoms with Crippen molar-refractivity contribution in [2.24, 2.45) is 0 Å². The molecule has 0 radical (unpaired) electrons. The molecule has 0 atom stereocenters. The lowest BCUT2D eigenvalue weighted by Gasteiger charge is -2.11. The van der Waals surface area contributed by atoms with E-state index in [-0.39, 0.29) is 5.88 Å². The van der Waals surface area contributed by atoms with Crippen LogP contribution in [0.1, 0.15) is 12.6 Å². The quantitative estimate of drug-likeness (QED) is 0.794. The van der Waals surface area contributed by atoms with Gasteiger partial charge in [-0.15, -0.1) is 0 Å². The fourth-order valence-corrected chi connectivity index (χ4v) is 1.92. The maximum atomic E-state index is 11.0. The summed E-state index contributed by atoms with van der Waals surface area (Å²) in [6, 6.07) is 5.38. The summed E-state index contributed by atoms with van der Waals surface area (Å²) in [6.07, 6.45) is 0. The molecular formula is C14H15NO4. The first-order valence-corrected chi connectivity index (χ1v) is 5.77. The van der Waals surface area contributed by atoms with Gasteiger partial charge in [-0.25, -0.2) is 4.98 Å². The van der Waals surface area contributed by atoms with Gasteiger partial charge in [-0.1, -0.05) is 0 Å². The van der Waals surface area contributed by atoms with Crippen LogP contribution in [0, 0.1) is 6.92 Å². The molecule has 1 aromatic carbocycles. The van der Waals surface area contributed by atoms with Crippen LogP contribution in [0.3, 0.4) is 0 Å². The minimum Gasteiger partial charge on any atom is -0.493 e. The van der Waals surface area contributed by atoms with Gasteiger partial charge >= 0.3 is 5.97 Å². The molecule has 0 unspecified atom stereocenters. The zero-order chi connectivity index (χ0) is 14.0. The number of esters is 1. The van der Waals surface area contributed by atoms with E-state index in [2.05, 4.69) is 4.98 Å². The Morgan fingerprint density at radius 3 is 2.32 bits per heavy atom. The third-order valence-corrected chi connectivity index (χ3v) is 2.75. The highest BCUT2D eigenvalue weighted by Crippen LogP contribution is 2.34. The van der Waals surface area contributed by atoms with Crippen LogP contribution in [0.5, 0.6) is 17.4 Å². The molecule has 0 N–H and O–H groups in total. The molecule has 2 aromatic rings. The molecule has 0 fully saturated rings. The maximum absolute atomic E-state index is 11.0. The largest absolute Gasteiger partial charge is 0.493 e. The molecule has 1 heterocycles. The molecule has 0 saturated carbocycles. The number of hydrogen-bond donors (Lipinski definition) is 0. The first-order chi connectivity index (χ1) is 9.05. The predicted molar refractivity (Wildman–Crippen MR) is 70.9 cm³/mol. The Morgan fingerprint density at radius 1 is 1.11 bits per heavy atom. The lowest BCUT2D eigenvalue weighted by Crippen LogP contribution is -2.04. The van der Waals surface area contributed by atoms with Gasteiger partial charge in [0.25, 0.3) is 0 Å². The van der Waals surface area contributed by atoms with Crippen LogP contribution in [-0.2, 0) is 4.79 Å². The number of pyridine rings is 1. The van der Waals surface area contributed by atoms with Gasteiger partial charge in [0.1, 0.15) is 0 Å². The number of carbonyl (C=O) groups excluding carboxylic acids is 1. The Labute approximate surface area is 111 Å². The van der Waals surface area contributed by atoms with Crippen LogP contribution < -0.4 is 14.2 Å². The molecule has 1 aromatic heterocycles. The summed E-state index contributed by atoms with van der Waals surface area (Å²) in [5.41, 5.74) is 0.759. The number of fused-ring (bicyclic) bond motifs is 1. The van der Waals surface area contributed by atoms with Crippen LogP contribution in [0.2, 0.25) is 0 Å². The Morgan fingerprint density at radius 2 is 1.74 bits per heavy atom. The maximum Gasteiger partial charge on any atom is 0.309 e. The van der Waals surface area contributed by atoms with Crippen molar-refractivity contribution in [1.29, 1.82) is 0 Å². The summed E-state index contributed by atoms with van der Waals surface area (Å²) in [5, 5.41) is 1.80. The average Bonchev–Trinajstić information content (AvgIpc) is 2.36. The second-order valence-electron chi connectivity index (χ2n) is 4.07. The standard InChI is InChI=1S/C14H15NO4/c1-8-11-7-13(18-4)12(17-3)5-10(11)6-14(15-8)19-9(2)16/h5-7H,1-4H3. The van der Waals surface area contributed by atoms with Crippen molar-refractivity contribution in [1.82, 2.24) is 4.98 Å². The van der Waals surface area contributed by atoms with E-state index in [1.165, 1.54) is 6.92 Å². The Kier molecular flexibility index (Phi) is 3.55. The summed E-state index contributed by atoms with van der Waals surface area (Å²) in [7, 11) is 3.16. The van der Waals surface area contributed by atoms with Crippen LogP contribution in [0.15, 0.2) is 18.2 Å². The zero-order valence-corrected chi connectivity index (χ0v) is 11.3. The van der Waals surface area contributed by atoms with Gasteiger partial charge in [0.15, 0.2) is 11.5 Å². The van der Waals surface area contributed by atoms with E-state index >= 15 is 0 Å². The van der Waals surface area contributed by atoms with E-state index in [1.807, 2.05) is 19.1 Å². The van der Waals surface area contributed by atoms with Crippen molar-refractivity contribution >= 4 is 16.7 Å². The van der Waals surface area contributed by atoms with Crippen molar-refractivity contribution in [2.75, 3.05) is 14.2 Å². The van der Waals surface area contributed by atoms with Crippen molar-refractivity contribution < 1.29 is 19.0 Å². The second kappa shape index (κ2) is 5.14. The molecular weight excluding hydrogens is 246 g/mol. The van der Waals surface area contributed by atoms with E-state index in [4.69, 9.17) is 14.2 Å². The third-order valence-electron chi connectivity index (χ3n) is 2.75. The Hall–Kier alpha value is -2.30. The summed E-state index contributed by atoms with van der Waals surface area (Å²) in [4.78, 5) is 15.2. The Balaban J connectivity index is 2.63. The second-order valence-corrected chi connectivity index (χ2v) is 4.07. The third kappa shape index (κ3) is 2.59. The molecule has 0 amide bonds. The number of benzene rings is 1. The summed E-state index contributed by atoms with van der Waals surface area (Å²) >= 11 is 0. The van der Waals surface area contributed by atoms with Crippen LogP contribution in [-0.4, -0.2) is 25.2 Å². The van der Waals surface area contributed by atoms with Gasteiger partial charge in [0.05, 0.1) is 14.2 Å². The molecule has 19 heavy (non-hydrogen) atoms. The van der Waals surface area contributed by atoms with Gasteiger partial charge < -0.3 is 14.2 Å². The van der Waals surface area contributed by atoms with Crippen molar-refractivity contribution in [3.63, 3.8) is 0 Å². The number of aryl methyl sites for hydroxylation is 1. The van der Waals surface area contributed by atoms with Crippen molar-refractivity contribution in [3.05, 3.63) is 23.9 Å². The average molecular weight is 261 g/mol. The number of hydrogen-bond acceptors (Lipinski definition) is 5. The van der Waals surface area contributed by atoms with Gasteiger partial charge in [-0.2, -0.15) is 0 Å². The SMILES string of the molecule is COc1cc2cc(OC(C)=O)nc(C)c2cc1OC. The Bertz CT molecular complexity index is 637. The zero-order valence-electron chi connectivity index (χ0n) is 11.3. The van der Waals surface area contributed by atoms with E-state index in [0.717, 1.165) is 16.5 Å². The number of rotatable bonds is 3. The van der Waals surface area contributed by atoms with E-state index in [1.54, 1.807) is 20.3 Å². The molecule has 2 rings (SSSR count).